The van der Waals surface area contributed by atoms with E-state index in [1.165, 1.54) is 12.8 Å². The average molecular weight is 275 g/mol. The van der Waals surface area contributed by atoms with Crippen LogP contribution in [0.4, 0.5) is 0 Å². The highest BCUT2D eigenvalue weighted by atomic mass is 28.4. The van der Waals surface area contributed by atoms with Crippen molar-refractivity contribution < 1.29 is 8.85 Å². The summed E-state index contributed by atoms with van der Waals surface area (Å²) in [6, 6.07) is 0. The molecule has 0 aliphatic rings. The molecule has 0 aliphatic heterocycles. The van der Waals surface area contributed by atoms with Crippen molar-refractivity contribution in [2.75, 3.05) is 13.2 Å². The average Bonchev–Trinajstić information content (AvgIpc) is 2.29. The van der Waals surface area contributed by atoms with Crippen molar-refractivity contribution in [2.45, 2.75) is 78.8 Å². The smallest absolute Gasteiger partial charge is 0.346 e. The summed E-state index contributed by atoms with van der Waals surface area (Å²) in [5.41, 5.74) is 0.480. The zero-order valence-electron chi connectivity index (χ0n) is 13.8. The molecule has 0 aromatic heterocycles. The summed E-state index contributed by atoms with van der Waals surface area (Å²) < 4.78 is 12.6. The fraction of sp³-hybridized carbons (Fsp3) is 1.00. The van der Waals surface area contributed by atoms with Gasteiger partial charge in [-0.3, -0.25) is 0 Å². The standard InChI is InChI=1S/C15H34O2Si/c1-9-14(10-2)15(7,8)18(13(5)6,16-11-3)17-12-4/h13-14H,9-12H2,1-8H3. The van der Waals surface area contributed by atoms with E-state index in [2.05, 4.69) is 55.4 Å². The van der Waals surface area contributed by atoms with E-state index >= 15 is 0 Å². The Kier molecular flexibility index (Phi) is 7.72. The van der Waals surface area contributed by atoms with Crippen LogP contribution in [0.1, 0.15) is 68.2 Å². The highest BCUT2D eigenvalue weighted by Crippen LogP contribution is 2.52. The van der Waals surface area contributed by atoms with Crippen LogP contribution >= 0.6 is 0 Å². The Morgan fingerprint density at radius 3 is 1.50 bits per heavy atom. The van der Waals surface area contributed by atoms with Gasteiger partial charge in [0, 0.05) is 18.3 Å². The molecule has 110 valence electrons. The Balaban J connectivity index is 5.49. The monoisotopic (exact) mass is 274 g/mol. The first-order valence-electron chi connectivity index (χ1n) is 7.61. The van der Waals surface area contributed by atoms with Crippen LogP contribution in [0.3, 0.4) is 0 Å². The van der Waals surface area contributed by atoms with Gasteiger partial charge in [-0.1, -0.05) is 54.4 Å². The largest absolute Gasteiger partial charge is 0.394 e. The predicted octanol–water partition coefficient (Wildman–Crippen LogP) is 5.13. The third kappa shape index (κ3) is 3.37. The molecule has 18 heavy (non-hydrogen) atoms. The Morgan fingerprint density at radius 2 is 1.28 bits per heavy atom. The minimum atomic E-state index is -2.21. The first-order chi connectivity index (χ1) is 8.33. The van der Waals surface area contributed by atoms with E-state index in [1.807, 2.05) is 0 Å². The van der Waals surface area contributed by atoms with Gasteiger partial charge < -0.3 is 8.85 Å². The summed E-state index contributed by atoms with van der Waals surface area (Å²) in [5, 5.41) is 0.149. The molecule has 0 rings (SSSR count). The molecule has 0 unspecified atom stereocenters. The van der Waals surface area contributed by atoms with Crippen LogP contribution in [0.15, 0.2) is 0 Å². The quantitative estimate of drug-likeness (QED) is 0.543. The van der Waals surface area contributed by atoms with Crippen LogP contribution in [-0.4, -0.2) is 21.8 Å². The van der Waals surface area contributed by atoms with Crippen molar-refractivity contribution >= 4 is 8.56 Å². The van der Waals surface area contributed by atoms with E-state index in [4.69, 9.17) is 8.85 Å². The summed E-state index contributed by atoms with van der Waals surface area (Å²) in [5.74, 6) is 0.671. The van der Waals surface area contributed by atoms with Gasteiger partial charge in [0.1, 0.15) is 0 Å². The SMILES string of the molecule is CCO[Si](OCC)(C(C)C)C(C)(C)C(CC)CC. The summed E-state index contributed by atoms with van der Waals surface area (Å²) >= 11 is 0. The maximum Gasteiger partial charge on any atom is 0.346 e. The van der Waals surface area contributed by atoms with Crippen LogP contribution in [0.5, 0.6) is 0 Å². The third-order valence-electron chi connectivity index (χ3n) is 4.38. The molecule has 0 saturated heterocycles. The lowest BCUT2D eigenvalue weighted by molar-refractivity contribution is 0.130. The Morgan fingerprint density at radius 1 is 0.889 bits per heavy atom. The predicted molar refractivity (Wildman–Crippen MR) is 82.2 cm³/mol. The first kappa shape index (κ1) is 18.1. The molecule has 0 heterocycles. The van der Waals surface area contributed by atoms with Gasteiger partial charge >= 0.3 is 8.56 Å². The van der Waals surface area contributed by atoms with Crippen molar-refractivity contribution in [3.63, 3.8) is 0 Å². The third-order valence-corrected chi connectivity index (χ3v) is 9.54. The first-order valence-corrected chi connectivity index (χ1v) is 9.51. The molecular weight excluding hydrogens is 240 g/mol. The van der Waals surface area contributed by atoms with Crippen LogP contribution in [0.25, 0.3) is 0 Å². The minimum absolute atomic E-state index is 0.149. The maximum absolute atomic E-state index is 6.30. The van der Waals surface area contributed by atoms with E-state index in [1.54, 1.807) is 0 Å². The molecule has 0 radical (unpaired) electrons. The second-order valence-corrected chi connectivity index (χ2v) is 10.3. The van der Waals surface area contributed by atoms with E-state index in [0.717, 1.165) is 13.2 Å². The number of rotatable bonds is 9. The van der Waals surface area contributed by atoms with Crippen molar-refractivity contribution in [1.82, 2.24) is 0 Å². The van der Waals surface area contributed by atoms with E-state index < -0.39 is 8.56 Å². The molecule has 0 atom stereocenters. The second-order valence-electron chi connectivity index (χ2n) is 5.92. The van der Waals surface area contributed by atoms with E-state index in [9.17, 15) is 0 Å². The summed E-state index contributed by atoms with van der Waals surface area (Å²) in [4.78, 5) is 0. The normalized spacial score (nSPS) is 13.7. The molecule has 0 N–H and O–H groups in total. The van der Waals surface area contributed by atoms with Gasteiger partial charge in [-0.2, -0.15) is 0 Å². The van der Waals surface area contributed by atoms with Gasteiger partial charge in [-0.25, -0.2) is 0 Å². The lowest BCUT2D eigenvalue weighted by Crippen LogP contribution is -2.56. The Hall–Kier alpha value is 0.137. The van der Waals surface area contributed by atoms with Crippen molar-refractivity contribution in [3.8, 4) is 0 Å². The van der Waals surface area contributed by atoms with Crippen LogP contribution in [-0.2, 0) is 8.85 Å². The maximum atomic E-state index is 6.30. The van der Waals surface area contributed by atoms with Gasteiger partial charge in [-0.15, -0.1) is 0 Å². The molecule has 0 saturated carbocycles. The summed E-state index contributed by atoms with van der Waals surface area (Å²) in [7, 11) is -2.21. The summed E-state index contributed by atoms with van der Waals surface area (Å²) in [6.07, 6.45) is 2.40. The van der Waals surface area contributed by atoms with E-state index in [-0.39, 0.29) is 5.04 Å². The molecule has 0 aliphatic carbocycles. The minimum Gasteiger partial charge on any atom is -0.394 e. The highest BCUT2D eigenvalue weighted by Gasteiger charge is 2.56. The molecule has 2 nitrogen and oxygen atoms in total. The number of hydrogen-bond donors (Lipinski definition) is 0. The fourth-order valence-electron chi connectivity index (χ4n) is 3.51. The van der Waals surface area contributed by atoms with Crippen LogP contribution in [0.2, 0.25) is 10.6 Å². The number of hydrogen-bond acceptors (Lipinski definition) is 2. The summed E-state index contributed by atoms with van der Waals surface area (Å²) in [6.45, 7) is 19.5. The second kappa shape index (κ2) is 7.66. The Bertz CT molecular complexity index is 217. The van der Waals surface area contributed by atoms with Crippen molar-refractivity contribution in [2.24, 2.45) is 5.92 Å². The van der Waals surface area contributed by atoms with Crippen molar-refractivity contribution in [3.05, 3.63) is 0 Å². The van der Waals surface area contributed by atoms with Crippen molar-refractivity contribution in [1.29, 1.82) is 0 Å². The molecule has 0 amide bonds. The molecule has 0 aromatic rings. The lowest BCUT2D eigenvalue weighted by atomic mass is 9.90. The van der Waals surface area contributed by atoms with E-state index in [0.29, 0.717) is 11.5 Å². The molecular formula is C15H34O2Si. The molecule has 0 aromatic carbocycles. The van der Waals surface area contributed by atoms with Gasteiger partial charge in [0.15, 0.2) is 0 Å². The highest BCUT2D eigenvalue weighted by molar-refractivity contribution is 6.72. The van der Waals surface area contributed by atoms with Crippen LogP contribution in [0, 0.1) is 5.92 Å². The fourth-order valence-corrected chi connectivity index (χ4v) is 8.33. The van der Waals surface area contributed by atoms with Gasteiger partial charge in [-0.05, 0) is 25.3 Å². The molecule has 0 fully saturated rings. The Labute approximate surface area is 116 Å². The van der Waals surface area contributed by atoms with Gasteiger partial charge in [0.2, 0.25) is 0 Å². The van der Waals surface area contributed by atoms with Gasteiger partial charge in [0.05, 0.1) is 0 Å². The topological polar surface area (TPSA) is 18.5 Å². The lowest BCUT2D eigenvalue weighted by Gasteiger charge is -2.49. The molecule has 0 bridgehead atoms. The zero-order chi connectivity index (χ0) is 14.4. The van der Waals surface area contributed by atoms with Gasteiger partial charge in [0.25, 0.3) is 0 Å². The molecule has 3 heteroatoms. The molecule has 0 spiro atoms. The zero-order valence-corrected chi connectivity index (χ0v) is 14.8. The van der Waals surface area contributed by atoms with Crippen LogP contribution < -0.4 is 0 Å².